The summed E-state index contributed by atoms with van der Waals surface area (Å²) in [5, 5.41) is 12.8. The quantitative estimate of drug-likeness (QED) is 0.778. The van der Waals surface area contributed by atoms with Crippen molar-refractivity contribution < 1.29 is 18.4 Å². The summed E-state index contributed by atoms with van der Waals surface area (Å²) in [6.07, 6.45) is 1.02. The molecule has 1 aromatic carbocycles. The summed E-state index contributed by atoms with van der Waals surface area (Å²) in [6, 6.07) is 6.16. The molecule has 100 valence electrons. The Morgan fingerprint density at radius 1 is 1.10 bits per heavy atom. The molecular formula is C13H7F2N3O2. The van der Waals surface area contributed by atoms with Crippen molar-refractivity contribution in [2.45, 2.75) is 0 Å². The highest BCUT2D eigenvalue weighted by Gasteiger charge is 2.15. The average molecular weight is 275 g/mol. The topological polar surface area (TPSA) is 72.0 Å². The van der Waals surface area contributed by atoms with Crippen LogP contribution in [0.15, 0.2) is 41.1 Å². The van der Waals surface area contributed by atoms with Gasteiger partial charge in [0, 0.05) is 6.07 Å². The van der Waals surface area contributed by atoms with Gasteiger partial charge in [-0.15, -0.1) is 0 Å². The number of phenols is 1. The van der Waals surface area contributed by atoms with E-state index in [0.29, 0.717) is 5.69 Å². The lowest BCUT2D eigenvalue weighted by Gasteiger charge is -1.97. The van der Waals surface area contributed by atoms with Gasteiger partial charge >= 0.3 is 0 Å². The molecule has 20 heavy (non-hydrogen) atoms. The second-order valence-electron chi connectivity index (χ2n) is 3.95. The van der Waals surface area contributed by atoms with E-state index in [1.54, 1.807) is 0 Å². The van der Waals surface area contributed by atoms with Crippen LogP contribution in [0.5, 0.6) is 5.75 Å². The van der Waals surface area contributed by atoms with E-state index in [1.165, 1.54) is 24.3 Å². The molecular weight excluding hydrogens is 268 g/mol. The Morgan fingerprint density at radius 3 is 2.65 bits per heavy atom. The molecule has 2 aromatic heterocycles. The van der Waals surface area contributed by atoms with Gasteiger partial charge in [0.2, 0.25) is 5.82 Å². The van der Waals surface area contributed by atoms with Crippen LogP contribution in [0, 0.1) is 11.6 Å². The van der Waals surface area contributed by atoms with Crippen LogP contribution in [0.25, 0.3) is 23.0 Å². The molecule has 0 radical (unpaired) electrons. The number of halogens is 2. The summed E-state index contributed by atoms with van der Waals surface area (Å²) in [6.45, 7) is 0. The summed E-state index contributed by atoms with van der Waals surface area (Å²) in [5.41, 5.74) is 0.365. The van der Waals surface area contributed by atoms with Gasteiger partial charge in [0.15, 0.2) is 0 Å². The minimum Gasteiger partial charge on any atom is -0.508 e. The minimum atomic E-state index is -0.688. The first-order chi connectivity index (χ1) is 9.63. The SMILES string of the molecule is Oc1ccc(-c2nc(-c3ccc(F)cn3)no2)c(F)c1. The minimum absolute atomic E-state index is 0.0522. The number of aromatic nitrogens is 3. The lowest BCUT2D eigenvalue weighted by atomic mass is 10.2. The molecule has 0 unspecified atom stereocenters. The van der Waals surface area contributed by atoms with Crippen LogP contribution in [0.4, 0.5) is 8.78 Å². The summed E-state index contributed by atoms with van der Waals surface area (Å²) in [7, 11) is 0. The number of hydrogen-bond acceptors (Lipinski definition) is 5. The molecule has 0 fully saturated rings. The maximum atomic E-state index is 13.6. The highest BCUT2D eigenvalue weighted by atomic mass is 19.1. The molecule has 0 saturated heterocycles. The molecule has 0 aliphatic rings. The fourth-order valence-electron chi connectivity index (χ4n) is 1.62. The van der Waals surface area contributed by atoms with Crippen molar-refractivity contribution >= 4 is 0 Å². The fourth-order valence-corrected chi connectivity index (χ4v) is 1.62. The van der Waals surface area contributed by atoms with E-state index < -0.39 is 11.6 Å². The number of benzene rings is 1. The van der Waals surface area contributed by atoms with E-state index in [0.717, 1.165) is 12.3 Å². The first-order valence-corrected chi connectivity index (χ1v) is 5.58. The van der Waals surface area contributed by atoms with Gasteiger partial charge in [-0.25, -0.2) is 13.8 Å². The van der Waals surface area contributed by atoms with Gasteiger partial charge in [-0.1, -0.05) is 5.16 Å². The molecule has 0 spiro atoms. The zero-order chi connectivity index (χ0) is 14.1. The van der Waals surface area contributed by atoms with E-state index in [9.17, 15) is 8.78 Å². The normalized spacial score (nSPS) is 10.7. The van der Waals surface area contributed by atoms with Crippen molar-refractivity contribution in [3.63, 3.8) is 0 Å². The van der Waals surface area contributed by atoms with Crippen LogP contribution in [0.3, 0.4) is 0 Å². The summed E-state index contributed by atoms with van der Waals surface area (Å²) >= 11 is 0. The third-order valence-corrected chi connectivity index (χ3v) is 2.57. The first kappa shape index (κ1) is 12.2. The molecule has 3 aromatic rings. The van der Waals surface area contributed by atoms with E-state index in [-0.39, 0.29) is 23.0 Å². The van der Waals surface area contributed by atoms with E-state index in [1.807, 2.05) is 0 Å². The Balaban J connectivity index is 1.99. The Bertz CT molecular complexity index is 757. The van der Waals surface area contributed by atoms with Crippen molar-refractivity contribution in [3.8, 4) is 28.7 Å². The predicted molar refractivity (Wildman–Crippen MR) is 64.5 cm³/mol. The van der Waals surface area contributed by atoms with Gasteiger partial charge in [-0.3, -0.25) is 0 Å². The molecule has 0 aliphatic carbocycles. The van der Waals surface area contributed by atoms with Gasteiger partial charge < -0.3 is 9.63 Å². The molecule has 1 N–H and O–H groups in total. The number of pyridine rings is 1. The molecule has 0 bridgehead atoms. The van der Waals surface area contributed by atoms with Crippen LogP contribution in [-0.4, -0.2) is 20.2 Å². The van der Waals surface area contributed by atoms with Crippen molar-refractivity contribution in [2.24, 2.45) is 0 Å². The van der Waals surface area contributed by atoms with Crippen molar-refractivity contribution in [1.29, 1.82) is 0 Å². The Labute approximate surface area is 111 Å². The van der Waals surface area contributed by atoms with Gasteiger partial charge in [-0.05, 0) is 24.3 Å². The third kappa shape index (κ3) is 2.20. The highest BCUT2D eigenvalue weighted by molar-refractivity contribution is 5.58. The second kappa shape index (κ2) is 4.69. The van der Waals surface area contributed by atoms with Crippen LogP contribution >= 0.6 is 0 Å². The molecule has 0 aliphatic heterocycles. The summed E-state index contributed by atoms with van der Waals surface area (Å²) in [4.78, 5) is 7.78. The van der Waals surface area contributed by atoms with Crippen molar-refractivity contribution in [1.82, 2.24) is 15.1 Å². The smallest absolute Gasteiger partial charge is 0.261 e. The lowest BCUT2D eigenvalue weighted by Crippen LogP contribution is -1.87. The van der Waals surface area contributed by atoms with Gasteiger partial charge in [0.05, 0.1) is 11.8 Å². The Morgan fingerprint density at radius 2 is 1.95 bits per heavy atom. The zero-order valence-corrected chi connectivity index (χ0v) is 9.92. The van der Waals surface area contributed by atoms with Crippen molar-refractivity contribution in [2.75, 3.05) is 0 Å². The van der Waals surface area contributed by atoms with E-state index in [2.05, 4.69) is 15.1 Å². The molecule has 0 saturated carbocycles. The van der Waals surface area contributed by atoms with Gasteiger partial charge in [0.25, 0.3) is 5.89 Å². The lowest BCUT2D eigenvalue weighted by molar-refractivity contribution is 0.428. The number of nitrogens with zero attached hydrogens (tertiary/aromatic N) is 3. The number of aromatic hydroxyl groups is 1. The Hall–Kier alpha value is -2.83. The molecule has 0 atom stereocenters. The molecule has 0 amide bonds. The summed E-state index contributed by atoms with van der Waals surface area (Å²) in [5.74, 6) is -1.31. The zero-order valence-electron chi connectivity index (χ0n) is 9.92. The standard InChI is InChI=1S/C13H7F2N3O2/c14-7-1-4-11(16-6-7)12-17-13(20-18-12)9-3-2-8(19)5-10(9)15/h1-6,19H. The van der Waals surface area contributed by atoms with Crippen molar-refractivity contribution in [3.05, 3.63) is 48.2 Å². The van der Waals surface area contributed by atoms with E-state index >= 15 is 0 Å². The van der Waals surface area contributed by atoms with Crippen LogP contribution in [0.1, 0.15) is 0 Å². The monoisotopic (exact) mass is 275 g/mol. The average Bonchev–Trinajstić information content (AvgIpc) is 2.89. The fraction of sp³-hybridized carbons (Fsp3) is 0. The van der Waals surface area contributed by atoms with Crippen LogP contribution in [0.2, 0.25) is 0 Å². The van der Waals surface area contributed by atoms with Gasteiger partial charge in [-0.2, -0.15) is 4.98 Å². The van der Waals surface area contributed by atoms with Gasteiger partial charge in [0.1, 0.15) is 23.1 Å². The first-order valence-electron chi connectivity index (χ1n) is 5.58. The van der Waals surface area contributed by atoms with Crippen LogP contribution < -0.4 is 0 Å². The molecule has 3 rings (SSSR count). The maximum absolute atomic E-state index is 13.6. The highest BCUT2D eigenvalue weighted by Crippen LogP contribution is 2.26. The van der Waals surface area contributed by atoms with Crippen LogP contribution in [-0.2, 0) is 0 Å². The number of hydrogen-bond donors (Lipinski definition) is 1. The largest absolute Gasteiger partial charge is 0.508 e. The number of phenolic OH excluding ortho intramolecular Hbond substituents is 1. The predicted octanol–water partition coefficient (Wildman–Crippen LogP) is 2.78. The number of rotatable bonds is 2. The van der Waals surface area contributed by atoms with E-state index in [4.69, 9.17) is 9.63 Å². The molecule has 5 nitrogen and oxygen atoms in total. The molecule has 7 heteroatoms. The molecule has 2 heterocycles. The maximum Gasteiger partial charge on any atom is 0.261 e. The summed E-state index contributed by atoms with van der Waals surface area (Å²) < 4.78 is 31.4. The Kier molecular flexibility index (Phi) is 2.86. The second-order valence-corrected chi connectivity index (χ2v) is 3.95. The third-order valence-electron chi connectivity index (χ3n) is 2.57.